The summed E-state index contributed by atoms with van der Waals surface area (Å²) in [6, 6.07) is 42.7. The van der Waals surface area contributed by atoms with Crippen molar-refractivity contribution in [3.8, 4) is 0 Å². The van der Waals surface area contributed by atoms with Gasteiger partial charge in [-0.15, -0.1) is 59.3 Å². The fourth-order valence-corrected chi connectivity index (χ4v) is 5.37. The summed E-state index contributed by atoms with van der Waals surface area (Å²) in [5.41, 5.74) is 6.39. The van der Waals surface area contributed by atoms with Crippen LogP contribution in [-0.2, 0) is 77.4 Å². The van der Waals surface area contributed by atoms with Gasteiger partial charge in [-0.25, -0.2) is 12.1 Å². The van der Waals surface area contributed by atoms with Crippen molar-refractivity contribution < 1.29 is 51.7 Å². The predicted octanol–water partition coefficient (Wildman–Crippen LogP) is 10.7. The Morgan fingerprint density at radius 3 is 1.14 bits per heavy atom. The number of fused-ring (bicyclic) bond motifs is 4. The SMILES string of the molecule is C[SiH]C.C[SiH]C.[Hf].[Hf].c1cc2c([cH-]1)CCCC2.c1cc2c([cH-]1)CCCC2.c1ccc2[cH-]ccc2c1.c1ccc2[cH-]ccc2c1. The van der Waals surface area contributed by atoms with Crippen LogP contribution < -0.4 is 0 Å². The van der Waals surface area contributed by atoms with E-state index in [0.717, 1.165) is 19.0 Å². The largest absolute Gasteiger partial charge is 0.210 e. The summed E-state index contributed by atoms with van der Waals surface area (Å²) in [5, 5.41) is 5.32. The third-order valence-electron chi connectivity index (χ3n) is 7.39. The number of hydrogen-bond donors (Lipinski definition) is 0. The maximum atomic E-state index is 2.26. The van der Waals surface area contributed by atoms with Crippen LogP contribution in [0.15, 0.2) is 121 Å². The van der Waals surface area contributed by atoms with Gasteiger partial charge in [0.2, 0.25) is 0 Å². The molecular formula is C40H50Hf2Si2-4. The Labute approximate surface area is 310 Å². The number of rotatable bonds is 0. The molecule has 44 heavy (non-hydrogen) atoms. The minimum atomic E-state index is 0. The molecule has 0 aliphatic heterocycles. The Bertz CT molecular complexity index is 1280. The van der Waals surface area contributed by atoms with Gasteiger partial charge in [-0.1, -0.05) is 89.7 Å². The average molecular weight is 944 g/mol. The van der Waals surface area contributed by atoms with E-state index in [0.29, 0.717) is 0 Å². The van der Waals surface area contributed by atoms with E-state index in [1.54, 1.807) is 22.3 Å². The molecule has 0 amide bonds. The van der Waals surface area contributed by atoms with Crippen LogP contribution in [0.1, 0.15) is 47.9 Å². The first-order valence-electron chi connectivity index (χ1n) is 15.9. The van der Waals surface area contributed by atoms with E-state index in [-0.39, 0.29) is 51.7 Å². The van der Waals surface area contributed by atoms with Crippen LogP contribution in [-0.4, -0.2) is 19.0 Å². The molecule has 0 spiro atoms. The molecule has 4 heteroatoms. The molecule has 2 aliphatic rings. The third-order valence-corrected chi connectivity index (χ3v) is 7.39. The van der Waals surface area contributed by atoms with Gasteiger partial charge in [-0.3, -0.25) is 0 Å². The maximum Gasteiger partial charge on any atom is 0.0213 e. The molecule has 0 atom stereocenters. The maximum absolute atomic E-state index is 2.26. The molecule has 2 radical (unpaired) electrons. The fourth-order valence-electron chi connectivity index (χ4n) is 5.37. The van der Waals surface area contributed by atoms with Crippen molar-refractivity contribution in [2.75, 3.05) is 0 Å². The number of benzene rings is 2. The summed E-state index contributed by atoms with van der Waals surface area (Å²) < 4.78 is 0. The summed E-state index contributed by atoms with van der Waals surface area (Å²) in [5.74, 6) is 0. The zero-order chi connectivity index (χ0) is 29.8. The van der Waals surface area contributed by atoms with Gasteiger partial charge in [0.25, 0.3) is 0 Å². The normalized spacial score (nSPS) is 12.1. The van der Waals surface area contributed by atoms with Crippen LogP contribution >= 0.6 is 0 Å². The van der Waals surface area contributed by atoms with Gasteiger partial charge in [0.15, 0.2) is 0 Å². The second-order valence-corrected chi connectivity index (χ2v) is 13.3. The van der Waals surface area contributed by atoms with Crippen molar-refractivity contribution in [3.63, 3.8) is 0 Å². The summed E-state index contributed by atoms with van der Waals surface area (Å²) in [7, 11) is 1.50. The minimum absolute atomic E-state index is 0. The summed E-state index contributed by atoms with van der Waals surface area (Å²) >= 11 is 0. The average Bonchev–Trinajstić information content (AvgIpc) is 3.85. The summed E-state index contributed by atoms with van der Waals surface area (Å²) in [4.78, 5) is 0. The van der Waals surface area contributed by atoms with Gasteiger partial charge >= 0.3 is 0 Å². The topological polar surface area (TPSA) is 0 Å². The molecule has 0 aromatic heterocycles. The van der Waals surface area contributed by atoms with E-state index < -0.39 is 0 Å². The third kappa shape index (κ3) is 14.3. The first kappa shape index (κ1) is 40.6. The Kier molecular flexibility index (Phi) is 22.8. The molecule has 6 aromatic rings. The van der Waals surface area contributed by atoms with Crippen molar-refractivity contribution in [1.29, 1.82) is 0 Å². The molecule has 0 heterocycles. The van der Waals surface area contributed by atoms with Crippen LogP contribution in [0.2, 0.25) is 26.2 Å². The minimum Gasteiger partial charge on any atom is -0.210 e. The molecule has 0 bridgehead atoms. The van der Waals surface area contributed by atoms with Crippen molar-refractivity contribution in [3.05, 3.63) is 144 Å². The first-order valence-corrected chi connectivity index (χ1v) is 20.5. The number of aryl methyl sites for hydroxylation is 4. The molecule has 0 N–H and O–H groups in total. The molecule has 0 unspecified atom stereocenters. The van der Waals surface area contributed by atoms with Gasteiger partial charge in [-0.2, -0.15) is 81.6 Å². The van der Waals surface area contributed by atoms with Gasteiger partial charge in [0.1, 0.15) is 0 Å². The van der Waals surface area contributed by atoms with Crippen molar-refractivity contribution in [1.82, 2.24) is 0 Å². The molecule has 2 aliphatic carbocycles. The van der Waals surface area contributed by atoms with Crippen LogP contribution in [0.3, 0.4) is 0 Å². The second kappa shape index (κ2) is 24.7. The van der Waals surface area contributed by atoms with E-state index in [2.05, 4.69) is 148 Å². The Morgan fingerprint density at radius 1 is 0.432 bits per heavy atom. The Balaban J connectivity index is 0.000000273. The molecule has 230 valence electrons. The molecule has 8 rings (SSSR count). The van der Waals surface area contributed by atoms with E-state index >= 15 is 0 Å². The first-order chi connectivity index (χ1) is 20.7. The van der Waals surface area contributed by atoms with Crippen molar-refractivity contribution in [2.24, 2.45) is 0 Å². The molecule has 6 aromatic carbocycles. The monoisotopic (exact) mass is 946 g/mol. The van der Waals surface area contributed by atoms with Crippen LogP contribution in [0, 0.1) is 0 Å². The van der Waals surface area contributed by atoms with E-state index in [1.807, 2.05) is 0 Å². The molecule has 0 fully saturated rings. The smallest absolute Gasteiger partial charge is 0.0213 e. The second-order valence-electron chi connectivity index (χ2n) is 11.0. The van der Waals surface area contributed by atoms with Gasteiger partial charge < -0.3 is 0 Å². The predicted molar refractivity (Wildman–Crippen MR) is 194 cm³/mol. The Morgan fingerprint density at radius 2 is 0.773 bits per heavy atom. The molecule has 0 saturated heterocycles. The van der Waals surface area contributed by atoms with E-state index in [1.165, 1.54) is 72.9 Å². The van der Waals surface area contributed by atoms with Crippen LogP contribution in [0.4, 0.5) is 0 Å². The van der Waals surface area contributed by atoms with Gasteiger partial charge in [0.05, 0.1) is 0 Å². The summed E-state index contributed by atoms with van der Waals surface area (Å²) in [6.45, 7) is 8.83. The zero-order valence-electron chi connectivity index (χ0n) is 27.4. The van der Waals surface area contributed by atoms with Crippen molar-refractivity contribution >= 4 is 40.6 Å². The fraction of sp³-hybridized carbons (Fsp3) is 0.300. The quantitative estimate of drug-likeness (QED) is 0.105. The van der Waals surface area contributed by atoms with E-state index in [9.17, 15) is 0 Å². The van der Waals surface area contributed by atoms with Gasteiger partial charge in [-0.05, 0) is 0 Å². The van der Waals surface area contributed by atoms with Crippen molar-refractivity contribution in [2.45, 2.75) is 77.6 Å². The van der Waals surface area contributed by atoms with Crippen LogP contribution in [0.5, 0.6) is 0 Å². The number of hydrogen-bond acceptors (Lipinski definition) is 0. The molecule has 0 nitrogen and oxygen atoms in total. The summed E-state index contributed by atoms with van der Waals surface area (Å²) in [6.07, 6.45) is 10.9. The Hall–Kier alpha value is -1.47. The molecular weight excluding hydrogens is 894 g/mol. The zero-order valence-corrected chi connectivity index (χ0v) is 36.9. The van der Waals surface area contributed by atoms with Gasteiger partial charge in [0, 0.05) is 70.7 Å². The van der Waals surface area contributed by atoms with Crippen LogP contribution in [0.25, 0.3) is 21.5 Å². The standard InChI is InChI=1S/2C9H11.2C9H7.2C2H7Si.2Hf/c4*1-2-5-9-7-3-6-8(9)4-1;2*1-3-2;;/h2*3,6-7H,1-2,4-5H2;2*1-7H;2*3H,1-2H3;;/q4*-1;;;;. The molecule has 0 saturated carbocycles. The van der Waals surface area contributed by atoms with E-state index in [4.69, 9.17) is 0 Å².